The number of hydrogen-bond acceptors (Lipinski definition) is 3. The number of nitrogen functional groups attached to an aromatic ring is 1. The molecule has 0 fully saturated rings. The van der Waals surface area contributed by atoms with Crippen LogP contribution in [0.25, 0.3) is 16.9 Å². The summed E-state index contributed by atoms with van der Waals surface area (Å²) >= 11 is 12.2. The van der Waals surface area contributed by atoms with Crippen LogP contribution in [0, 0.1) is 6.92 Å². The molecule has 2 N–H and O–H groups in total. The first kappa shape index (κ1) is 13.1. The molecule has 0 aliphatic heterocycles. The number of rotatable bonds is 2. The summed E-state index contributed by atoms with van der Waals surface area (Å²) in [6, 6.07) is 8.95. The highest BCUT2D eigenvalue weighted by molar-refractivity contribution is 6.43. The van der Waals surface area contributed by atoms with Gasteiger partial charge in [-0.05, 0) is 25.1 Å². The molecule has 0 saturated heterocycles. The van der Waals surface area contributed by atoms with E-state index < -0.39 is 0 Å². The van der Waals surface area contributed by atoms with Gasteiger partial charge in [-0.3, -0.25) is 0 Å². The summed E-state index contributed by atoms with van der Waals surface area (Å²) in [4.78, 5) is 0. The van der Waals surface area contributed by atoms with Crippen LogP contribution in [-0.4, -0.2) is 9.78 Å². The van der Waals surface area contributed by atoms with Crippen LogP contribution in [0.2, 0.25) is 10.0 Å². The molecule has 0 bridgehead atoms. The van der Waals surface area contributed by atoms with Crippen molar-refractivity contribution < 1.29 is 4.42 Å². The van der Waals surface area contributed by atoms with Crippen LogP contribution in [-0.2, 0) is 0 Å². The number of aromatic nitrogens is 2. The minimum absolute atomic E-state index is 0.416. The summed E-state index contributed by atoms with van der Waals surface area (Å²) in [5, 5.41) is 5.35. The lowest BCUT2D eigenvalue weighted by Gasteiger charge is -2.07. The van der Waals surface area contributed by atoms with Crippen molar-refractivity contribution in [2.75, 3.05) is 5.73 Å². The Morgan fingerprint density at radius 2 is 2.05 bits per heavy atom. The van der Waals surface area contributed by atoms with Crippen molar-refractivity contribution in [2.24, 2.45) is 0 Å². The van der Waals surface area contributed by atoms with Gasteiger partial charge in [0.25, 0.3) is 0 Å². The minimum atomic E-state index is 0.416. The number of nitrogens with zero attached hydrogens (tertiary/aromatic N) is 2. The van der Waals surface area contributed by atoms with Crippen molar-refractivity contribution in [3.05, 3.63) is 52.4 Å². The highest BCUT2D eigenvalue weighted by Gasteiger charge is 2.15. The Bertz CT molecular complexity index is 777. The summed E-state index contributed by atoms with van der Waals surface area (Å²) in [6.45, 7) is 1.87. The zero-order valence-electron chi connectivity index (χ0n) is 10.6. The summed E-state index contributed by atoms with van der Waals surface area (Å²) in [7, 11) is 0. The number of aryl methyl sites for hydroxylation is 1. The molecule has 0 radical (unpaired) electrons. The first-order valence-electron chi connectivity index (χ1n) is 5.92. The van der Waals surface area contributed by atoms with Crippen LogP contribution >= 0.6 is 23.2 Å². The van der Waals surface area contributed by atoms with E-state index in [4.69, 9.17) is 33.4 Å². The van der Waals surface area contributed by atoms with Crippen LogP contribution in [0.15, 0.2) is 41.0 Å². The molecule has 102 valence electrons. The molecule has 0 spiro atoms. The van der Waals surface area contributed by atoms with Gasteiger partial charge in [0.2, 0.25) is 0 Å². The Labute approximate surface area is 125 Å². The quantitative estimate of drug-likeness (QED) is 0.766. The highest BCUT2D eigenvalue weighted by atomic mass is 35.5. The Morgan fingerprint density at radius 3 is 2.75 bits per heavy atom. The largest absolute Gasteiger partial charge is 0.469 e. The predicted octanol–water partition coefficient (Wildman–Crippen LogP) is 4.33. The Morgan fingerprint density at radius 1 is 1.25 bits per heavy atom. The molecule has 4 nitrogen and oxygen atoms in total. The monoisotopic (exact) mass is 307 g/mol. The van der Waals surface area contributed by atoms with Crippen LogP contribution in [0.4, 0.5) is 5.82 Å². The second kappa shape index (κ2) is 4.89. The van der Waals surface area contributed by atoms with Crippen molar-refractivity contribution in [1.29, 1.82) is 0 Å². The standard InChI is InChI=1S/C14H11Cl2N3O/c1-8-9(5-6-20-8)11-7-13(17)19(18-11)12-4-2-3-10(15)14(12)16/h2-7H,17H2,1H3. The Kier molecular flexibility index (Phi) is 3.20. The average molecular weight is 308 g/mol. The molecule has 20 heavy (non-hydrogen) atoms. The fourth-order valence-corrected chi connectivity index (χ4v) is 2.40. The molecule has 3 aromatic rings. The van der Waals surface area contributed by atoms with Gasteiger partial charge in [-0.1, -0.05) is 29.3 Å². The molecule has 2 heterocycles. The molecule has 3 rings (SSSR count). The van der Waals surface area contributed by atoms with Crippen molar-refractivity contribution >= 4 is 29.0 Å². The van der Waals surface area contributed by atoms with E-state index >= 15 is 0 Å². The lowest BCUT2D eigenvalue weighted by Crippen LogP contribution is -2.02. The fraction of sp³-hybridized carbons (Fsp3) is 0.0714. The maximum atomic E-state index is 6.20. The van der Waals surface area contributed by atoms with E-state index in [-0.39, 0.29) is 0 Å². The summed E-state index contributed by atoms with van der Waals surface area (Å²) in [5.41, 5.74) is 8.28. The van der Waals surface area contributed by atoms with Gasteiger partial charge >= 0.3 is 0 Å². The fourth-order valence-electron chi connectivity index (χ4n) is 2.03. The molecule has 2 aromatic heterocycles. The van der Waals surface area contributed by atoms with Crippen molar-refractivity contribution in [1.82, 2.24) is 9.78 Å². The first-order chi connectivity index (χ1) is 9.58. The average Bonchev–Trinajstić information content (AvgIpc) is 2.99. The lowest BCUT2D eigenvalue weighted by molar-refractivity contribution is 0.535. The molecule has 1 aromatic carbocycles. The maximum absolute atomic E-state index is 6.20. The molecule has 0 aliphatic rings. The summed E-state index contributed by atoms with van der Waals surface area (Å²) < 4.78 is 6.84. The van der Waals surface area contributed by atoms with Gasteiger partial charge in [0, 0.05) is 11.6 Å². The van der Waals surface area contributed by atoms with Crippen molar-refractivity contribution in [2.45, 2.75) is 6.92 Å². The summed E-state index contributed by atoms with van der Waals surface area (Å²) in [5.74, 6) is 1.26. The van der Waals surface area contributed by atoms with Crippen LogP contribution < -0.4 is 5.73 Å². The van der Waals surface area contributed by atoms with Crippen LogP contribution in [0.5, 0.6) is 0 Å². The van der Waals surface area contributed by atoms with Crippen LogP contribution in [0.1, 0.15) is 5.76 Å². The van der Waals surface area contributed by atoms with E-state index in [0.29, 0.717) is 21.6 Å². The number of hydrogen-bond donors (Lipinski definition) is 1. The normalized spacial score (nSPS) is 10.9. The summed E-state index contributed by atoms with van der Waals surface area (Å²) in [6.07, 6.45) is 1.62. The molecular weight excluding hydrogens is 297 g/mol. The minimum Gasteiger partial charge on any atom is -0.469 e. The Hall–Kier alpha value is -1.91. The molecule has 0 aliphatic carbocycles. The smallest absolute Gasteiger partial charge is 0.127 e. The molecule has 0 amide bonds. The van der Waals surface area contributed by atoms with E-state index in [9.17, 15) is 0 Å². The second-order valence-electron chi connectivity index (χ2n) is 4.33. The number of anilines is 1. The number of benzene rings is 1. The molecule has 0 saturated carbocycles. The van der Waals surface area contributed by atoms with E-state index in [1.807, 2.05) is 19.1 Å². The van der Waals surface area contributed by atoms with E-state index in [1.165, 1.54) is 0 Å². The number of nitrogens with two attached hydrogens (primary N) is 1. The van der Waals surface area contributed by atoms with Gasteiger partial charge in [-0.25, -0.2) is 4.68 Å². The third kappa shape index (κ3) is 2.07. The van der Waals surface area contributed by atoms with Crippen molar-refractivity contribution in [3.8, 4) is 16.9 Å². The number of halogens is 2. The van der Waals surface area contributed by atoms with Gasteiger partial charge in [0.05, 0.1) is 27.7 Å². The third-order valence-electron chi connectivity index (χ3n) is 3.03. The third-order valence-corrected chi connectivity index (χ3v) is 3.84. The zero-order chi connectivity index (χ0) is 14.3. The molecule has 6 heteroatoms. The highest BCUT2D eigenvalue weighted by Crippen LogP contribution is 2.32. The number of furan rings is 1. The van der Waals surface area contributed by atoms with E-state index in [0.717, 1.165) is 17.0 Å². The zero-order valence-corrected chi connectivity index (χ0v) is 12.1. The van der Waals surface area contributed by atoms with E-state index in [2.05, 4.69) is 5.10 Å². The van der Waals surface area contributed by atoms with Gasteiger partial charge in [0.1, 0.15) is 11.6 Å². The molecule has 0 atom stereocenters. The molecular formula is C14H11Cl2N3O. The molecule has 0 unspecified atom stereocenters. The second-order valence-corrected chi connectivity index (χ2v) is 5.11. The topological polar surface area (TPSA) is 57.0 Å². The first-order valence-corrected chi connectivity index (χ1v) is 6.68. The van der Waals surface area contributed by atoms with Crippen molar-refractivity contribution in [3.63, 3.8) is 0 Å². The van der Waals surface area contributed by atoms with E-state index in [1.54, 1.807) is 29.1 Å². The lowest BCUT2D eigenvalue weighted by atomic mass is 10.2. The van der Waals surface area contributed by atoms with Crippen LogP contribution in [0.3, 0.4) is 0 Å². The van der Waals surface area contributed by atoms with Gasteiger partial charge in [-0.2, -0.15) is 5.10 Å². The van der Waals surface area contributed by atoms with Gasteiger partial charge in [-0.15, -0.1) is 0 Å². The SMILES string of the molecule is Cc1occc1-c1cc(N)n(-c2cccc(Cl)c2Cl)n1. The maximum Gasteiger partial charge on any atom is 0.127 e. The Balaban J connectivity index is 2.15. The van der Waals surface area contributed by atoms with Gasteiger partial charge in [0.15, 0.2) is 0 Å². The predicted molar refractivity (Wildman–Crippen MR) is 80.4 cm³/mol. The van der Waals surface area contributed by atoms with Gasteiger partial charge < -0.3 is 10.2 Å².